The van der Waals surface area contributed by atoms with E-state index in [2.05, 4.69) is 108 Å². The van der Waals surface area contributed by atoms with E-state index in [4.69, 9.17) is 0 Å². The predicted octanol–water partition coefficient (Wildman–Crippen LogP) is 5.62. The molecule has 0 heterocycles. The first-order valence-electron chi connectivity index (χ1n) is 8.81. The van der Waals surface area contributed by atoms with Crippen LogP contribution in [0.15, 0.2) is 0 Å². The molecule has 0 rings (SSSR count). The van der Waals surface area contributed by atoms with E-state index in [0.29, 0.717) is 22.9 Å². The highest BCUT2D eigenvalue weighted by Gasteiger charge is 2.24. The van der Waals surface area contributed by atoms with Crippen LogP contribution in [0.25, 0.3) is 0 Å². The molecule has 0 aromatic rings. The van der Waals surface area contributed by atoms with E-state index in [1.807, 2.05) is 0 Å². The van der Waals surface area contributed by atoms with Crippen molar-refractivity contribution in [2.24, 2.45) is 10.8 Å². The third-order valence-corrected chi connectivity index (χ3v) is 3.90. The van der Waals surface area contributed by atoms with Gasteiger partial charge < -0.3 is 10.6 Å². The molecule has 136 valence electrons. The zero-order valence-electron chi connectivity index (χ0n) is 18.2. The first-order chi connectivity index (χ1) is 9.26. The van der Waals surface area contributed by atoms with Gasteiger partial charge in [0, 0.05) is 23.2 Å². The first kappa shape index (κ1) is 24.2. The fourth-order valence-corrected chi connectivity index (χ4v) is 1.73. The van der Waals surface area contributed by atoms with Crippen LogP contribution in [-0.2, 0) is 0 Å². The topological polar surface area (TPSA) is 24.1 Å². The van der Waals surface area contributed by atoms with Crippen LogP contribution < -0.4 is 10.6 Å². The molecule has 0 fully saturated rings. The molecule has 0 aliphatic rings. The Bertz CT molecular complexity index is 260. The molecule has 0 bridgehead atoms. The maximum absolute atomic E-state index is 3.56. The van der Waals surface area contributed by atoms with Gasteiger partial charge in [0.1, 0.15) is 0 Å². The van der Waals surface area contributed by atoms with Crippen LogP contribution in [0.1, 0.15) is 96.9 Å². The van der Waals surface area contributed by atoms with Crippen LogP contribution in [0.3, 0.4) is 0 Å². The molecule has 0 aromatic heterocycles. The van der Waals surface area contributed by atoms with Crippen molar-refractivity contribution in [3.8, 4) is 0 Å². The van der Waals surface area contributed by atoms with Crippen LogP contribution >= 0.6 is 0 Å². The molecule has 2 heteroatoms. The summed E-state index contributed by atoms with van der Waals surface area (Å²) in [5.41, 5.74) is 1.17. The minimum Gasteiger partial charge on any atom is -0.309 e. The van der Waals surface area contributed by atoms with Crippen molar-refractivity contribution in [2.45, 2.75) is 120 Å². The second kappa shape index (κ2) is 8.15. The van der Waals surface area contributed by atoms with Gasteiger partial charge in [0.25, 0.3) is 0 Å². The monoisotopic (exact) mass is 314 g/mol. The highest BCUT2D eigenvalue weighted by Crippen LogP contribution is 2.21. The lowest BCUT2D eigenvalue weighted by Crippen LogP contribution is -2.47. The Balaban J connectivity index is 0. The lowest BCUT2D eigenvalue weighted by atomic mass is 9.86. The van der Waals surface area contributed by atoms with Crippen molar-refractivity contribution in [3.63, 3.8) is 0 Å². The smallest absolute Gasteiger partial charge is 0.00992 e. The average molecular weight is 315 g/mol. The molecule has 0 unspecified atom stereocenters. The SMILES string of the molecule is C[C@@H](NC(C)(C)C)C(C)(C)C.C[C@H](NC(C)(C)C)C(C)(C)C. The Morgan fingerprint density at radius 3 is 0.682 bits per heavy atom. The van der Waals surface area contributed by atoms with Crippen molar-refractivity contribution >= 4 is 0 Å². The van der Waals surface area contributed by atoms with E-state index >= 15 is 0 Å². The summed E-state index contributed by atoms with van der Waals surface area (Å²) >= 11 is 0. The van der Waals surface area contributed by atoms with Crippen LogP contribution in [0.4, 0.5) is 0 Å². The van der Waals surface area contributed by atoms with Crippen molar-refractivity contribution < 1.29 is 0 Å². The highest BCUT2D eigenvalue weighted by molar-refractivity contribution is 4.83. The molecule has 0 spiro atoms. The van der Waals surface area contributed by atoms with Gasteiger partial charge in [-0.1, -0.05) is 41.5 Å². The third kappa shape index (κ3) is 14.8. The largest absolute Gasteiger partial charge is 0.309 e. The predicted molar refractivity (Wildman–Crippen MR) is 104 cm³/mol. The van der Waals surface area contributed by atoms with Crippen molar-refractivity contribution in [1.82, 2.24) is 10.6 Å². The van der Waals surface area contributed by atoms with Gasteiger partial charge in [-0.2, -0.15) is 0 Å². The van der Waals surface area contributed by atoms with E-state index in [0.717, 1.165) is 0 Å². The minimum atomic E-state index is 0.229. The summed E-state index contributed by atoms with van der Waals surface area (Å²) in [6, 6.07) is 1.12. The van der Waals surface area contributed by atoms with Gasteiger partial charge in [0.05, 0.1) is 0 Å². The van der Waals surface area contributed by atoms with Crippen molar-refractivity contribution in [3.05, 3.63) is 0 Å². The molecule has 2 atom stereocenters. The molecular weight excluding hydrogens is 268 g/mol. The van der Waals surface area contributed by atoms with Crippen LogP contribution in [0.2, 0.25) is 0 Å². The molecule has 0 aromatic carbocycles. The molecule has 0 saturated carbocycles. The number of hydrogen-bond acceptors (Lipinski definition) is 2. The number of nitrogens with one attached hydrogen (secondary N) is 2. The molecular formula is C20H46N2. The summed E-state index contributed by atoms with van der Waals surface area (Å²) in [7, 11) is 0. The highest BCUT2D eigenvalue weighted by atomic mass is 15.0. The van der Waals surface area contributed by atoms with Crippen LogP contribution in [0, 0.1) is 10.8 Å². The third-order valence-electron chi connectivity index (χ3n) is 3.90. The lowest BCUT2D eigenvalue weighted by Gasteiger charge is -2.34. The second-order valence-corrected chi connectivity index (χ2v) is 11.0. The molecule has 0 aliphatic heterocycles. The Morgan fingerprint density at radius 1 is 0.455 bits per heavy atom. The van der Waals surface area contributed by atoms with Gasteiger partial charge in [-0.05, 0) is 66.2 Å². The standard InChI is InChI=1S/2C10H23N/c2*1-8(9(2,3)4)11-10(5,6)7/h2*8,11H,1-7H3/t2*8-/m10/s1. The summed E-state index contributed by atoms with van der Waals surface area (Å²) in [5.74, 6) is 0. The Morgan fingerprint density at radius 2 is 0.636 bits per heavy atom. The zero-order valence-corrected chi connectivity index (χ0v) is 18.2. The Labute approximate surface area is 142 Å². The fourth-order valence-electron chi connectivity index (χ4n) is 1.73. The fraction of sp³-hybridized carbons (Fsp3) is 1.00. The maximum atomic E-state index is 3.56. The van der Waals surface area contributed by atoms with Gasteiger partial charge in [0.2, 0.25) is 0 Å². The lowest BCUT2D eigenvalue weighted by molar-refractivity contribution is 0.235. The summed E-state index contributed by atoms with van der Waals surface area (Å²) in [4.78, 5) is 0. The van der Waals surface area contributed by atoms with Gasteiger partial charge in [-0.15, -0.1) is 0 Å². The summed E-state index contributed by atoms with van der Waals surface area (Å²) < 4.78 is 0. The van der Waals surface area contributed by atoms with E-state index in [9.17, 15) is 0 Å². The van der Waals surface area contributed by atoms with Gasteiger partial charge in [-0.25, -0.2) is 0 Å². The van der Waals surface area contributed by atoms with Crippen molar-refractivity contribution in [2.75, 3.05) is 0 Å². The number of rotatable bonds is 2. The van der Waals surface area contributed by atoms with E-state index in [1.165, 1.54) is 0 Å². The van der Waals surface area contributed by atoms with Crippen LogP contribution in [0.5, 0.6) is 0 Å². The van der Waals surface area contributed by atoms with Crippen molar-refractivity contribution in [1.29, 1.82) is 0 Å². The molecule has 0 saturated heterocycles. The van der Waals surface area contributed by atoms with E-state index < -0.39 is 0 Å². The summed E-state index contributed by atoms with van der Waals surface area (Å²) in [6.07, 6.45) is 0. The Hall–Kier alpha value is -0.0800. The summed E-state index contributed by atoms with van der Waals surface area (Å²) in [6.45, 7) is 31.3. The molecule has 0 amide bonds. The maximum Gasteiger partial charge on any atom is 0.00992 e. The van der Waals surface area contributed by atoms with Gasteiger partial charge in [0.15, 0.2) is 0 Å². The quantitative estimate of drug-likeness (QED) is 0.691. The second-order valence-electron chi connectivity index (χ2n) is 11.0. The van der Waals surface area contributed by atoms with Crippen LogP contribution in [-0.4, -0.2) is 23.2 Å². The minimum absolute atomic E-state index is 0.229. The van der Waals surface area contributed by atoms with E-state index in [-0.39, 0.29) is 11.1 Å². The molecule has 0 aliphatic carbocycles. The molecule has 2 N–H and O–H groups in total. The van der Waals surface area contributed by atoms with Gasteiger partial charge in [-0.3, -0.25) is 0 Å². The zero-order chi connectivity index (χ0) is 18.6. The molecule has 22 heavy (non-hydrogen) atoms. The average Bonchev–Trinajstić information content (AvgIpc) is 2.09. The first-order valence-corrected chi connectivity index (χ1v) is 8.81. The van der Waals surface area contributed by atoms with Gasteiger partial charge >= 0.3 is 0 Å². The Kier molecular flexibility index (Phi) is 8.95. The molecule has 0 radical (unpaired) electrons. The molecule has 2 nitrogen and oxygen atoms in total. The number of hydrogen-bond donors (Lipinski definition) is 2. The van der Waals surface area contributed by atoms with E-state index in [1.54, 1.807) is 0 Å². The summed E-state index contributed by atoms with van der Waals surface area (Å²) in [5, 5.41) is 7.12. The normalized spacial score (nSPS) is 16.6.